The van der Waals surface area contributed by atoms with Crippen molar-refractivity contribution in [1.29, 1.82) is 0 Å². The molecule has 136 valence electrons. The second-order valence-electron chi connectivity index (χ2n) is 4.21. The van der Waals surface area contributed by atoms with Crippen LogP contribution in [0.4, 0.5) is 26.3 Å². The number of esters is 1. The summed E-state index contributed by atoms with van der Waals surface area (Å²) in [5.74, 6) is -18.9. The lowest BCUT2D eigenvalue weighted by molar-refractivity contribution is -0.458. The van der Waals surface area contributed by atoms with Crippen molar-refractivity contribution in [3.05, 3.63) is 12.7 Å². The van der Waals surface area contributed by atoms with Crippen LogP contribution in [0, 0.1) is 0 Å². The summed E-state index contributed by atoms with van der Waals surface area (Å²) in [4.78, 5) is 11.0. The van der Waals surface area contributed by atoms with Gasteiger partial charge < -0.3 is 24.8 Å². The summed E-state index contributed by atoms with van der Waals surface area (Å²) < 4.78 is 87.1. The number of hydrogen-bond donors (Lipinski definition) is 3. The van der Waals surface area contributed by atoms with Crippen LogP contribution in [0.1, 0.15) is 13.3 Å². The van der Waals surface area contributed by atoms with E-state index < -0.39 is 49.0 Å². The Balaban J connectivity index is 6.18. The molecule has 0 aliphatic rings. The van der Waals surface area contributed by atoms with Gasteiger partial charge in [0.1, 0.15) is 6.61 Å². The van der Waals surface area contributed by atoms with Gasteiger partial charge in [-0.25, -0.2) is 4.79 Å². The van der Waals surface area contributed by atoms with Crippen molar-refractivity contribution < 1.29 is 55.9 Å². The van der Waals surface area contributed by atoms with Crippen molar-refractivity contribution in [2.75, 3.05) is 6.61 Å². The standard InChI is InChI=1S/C11H14F6O6/c1-3-6(19)22-8(5-18,23-7(20)4-2)9(12,13)10(14,15)11(16,17)21/h3,7,18,20-21H,1,4-5H2,2H3. The highest BCUT2D eigenvalue weighted by Gasteiger charge is 2.81. The summed E-state index contributed by atoms with van der Waals surface area (Å²) in [6.45, 7) is 1.63. The third kappa shape index (κ3) is 3.94. The molecule has 0 radical (unpaired) electrons. The van der Waals surface area contributed by atoms with E-state index in [4.69, 9.17) is 15.3 Å². The molecule has 0 aromatic carbocycles. The normalized spacial score (nSPS) is 17.3. The van der Waals surface area contributed by atoms with Crippen LogP contribution in [-0.2, 0) is 14.3 Å². The van der Waals surface area contributed by atoms with Gasteiger partial charge in [0.15, 0.2) is 6.29 Å². The Morgan fingerprint density at radius 1 is 1.22 bits per heavy atom. The highest BCUT2D eigenvalue weighted by Crippen LogP contribution is 2.51. The van der Waals surface area contributed by atoms with Crippen LogP contribution in [0.25, 0.3) is 0 Å². The van der Waals surface area contributed by atoms with Crippen LogP contribution in [0.2, 0.25) is 0 Å². The number of aliphatic hydroxyl groups excluding tert-OH is 2. The Kier molecular flexibility index (Phi) is 6.61. The first-order valence-corrected chi connectivity index (χ1v) is 5.90. The van der Waals surface area contributed by atoms with E-state index in [1.165, 1.54) is 0 Å². The van der Waals surface area contributed by atoms with Crippen LogP contribution < -0.4 is 0 Å². The first kappa shape index (κ1) is 21.6. The molecule has 2 atom stereocenters. The fourth-order valence-electron chi connectivity index (χ4n) is 1.27. The van der Waals surface area contributed by atoms with Crippen molar-refractivity contribution in [3.63, 3.8) is 0 Å². The van der Waals surface area contributed by atoms with E-state index in [0.29, 0.717) is 0 Å². The number of alkyl halides is 6. The summed E-state index contributed by atoms with van der Waals surface area (Å²) in [5, 5.41) is 26.1. The molecule has 0 aliphatic carbocycles. The molecule has 0 amide bonds. The summed E-state index contributed by atoms with van der Waals surface area (Å²) in [6.07, 6.45) is -8.89. The van der Waals surface area contributed by atoms with E-state index in [1.54, 1.807) is 0 Å². The van der Waals surface area contributed by atoms with Crippen molar-refractivity contribution in [2.45, 2.75) is 43.4 Å². The third-order valence-corrected chi connectivity index (χ3v) is 2.57. The third-order valence-electron chi connectivity index (χ3n) is 2.57. The van der Waals surface area contributed by atoms with Gasteiger partial charge >= 0.3 is 29.7 Å². The molecular weight excluding hydrogens is 342 g/mol. The maximum Gasteiger partial charge on any atom is 0.423 e. The van der Waals surface area contributed by atoms with Gasteiger partial charge in [0.05, 0.1) is 0 Å². The van der Waals surface area contributed by atoms with E-state index in [-0.39, 0.29) is 6.08 Å². The van der Waals surface area contributed by atoms with Gasteiger partial charge in [0, 0.05) is 6.08 Å². The monoisotopic (exact) mass is 356 g/mol. The fraction of sp³-hybridized carbons (Fsp3) is 0.727. The number of hydrogen-bond acceptors (Lipinski definition) is 6. The fourth-order valence-corrected chi connectivity index (χ4v) is 1.27. The summed E-state index contributed by atoms with van der Waals surface area (Å²) in [6, 6.07) is 0. The number of halogens is 6. The Morgan fingerprint density at radius 2 is 1.70 bits per heavy atom. The summed E-state index contributed by atoms with van der Waals surface area (Å²) in [5.41, 5.74) is 0. The molecule has 0 heterocycles. The Morgan fingerprint density at radius 3 is 2.00 bits per heavy atom. The molecule has 23 heavy (non-hydrogen) atoms. The number of rotatable bonds is 9. The number of aliphatic hydroxyl groups is 3. The lowest BCUT2D eigenvalue weighted by Crippen LogP contribution is -2.69. The maximum atomic E-state index is 13.9. The molecule has 0 rings (SSSR count). The highest BCUT2D eigenvalue weighted by atomic mass is 19.3. The van der Waals surface area contributed by atoms with Gasteiger partial charge in [0.2, 0.25) is 0 Å². The molecule has 12 heteroatoms. The predicted octanol–water partition coefficient (Wildman–Crippen LogP) is 1.00. The van der Waals surface area contributed by atoms with Crippen LogP contribution in [0.15, 0.2) is 12.7 Å². The van der Waals surface area contributed by atoms with Crippen LogP contribution in [-0.4, -0.2) is 57.9 Å². The smallest absolute Gasteiger partial charge is 0.420 e. The van der Waals surface area contributed by atoms with E-state index in [0.717, 1.165) is 6.92 Å². The highest BCUT2D eigenvalue weighted by molar-refractivity contribution is 5.81. The largest absolute Gasteiger partial charge is 0.423 e. The Bertz CT molecular complexity index is 437. The zero-order valence-corrected chi connectivity index (χ0v) is 11.6. The maximum absolute atomic E-state index is 13.9. The van der Waals surface area contributed by atoms with E-state index in [9.17, 15) is 31.1 Å². The number of carbonyl (C=O) groups is 1. The van der Waals surface area contributed by atoms with Crippen LogP contribution in [0.3, 0.4) is 0 Å². The average Bonchev–Trinajstić information content (AvgIpc) is 2.44. The SMILES string of the molecule is C=CC(=O)OC(CO)(OC(O)CC)C(F)(F)C(F)(F)C(O)(F)F. The van der Waals surface area contributed by atoms with Crippen molar-refractivity contribution in [2.24, 2.45) is 0 Å². The van der Waals surface area contributed by atoms with Gasteiger partial charge in [-0.15, -0.1) is 0 Å². The van der Waals surface area contributed by atoms with Crippen molar-refractivity contribution in [3.8, 4) is 0 Å². The molecule has 0 bridgehead atoms. The molecular formula is C11H14F6O6. The van der Waals surface area contributed by atoms with E-state index in [1.807, 2.05) is 0 Å². The average molecular weight is 356 g/mol. The van der Waals surface area contributed by atoms with Gasteiger partial charge in [0.25, 0.3) is 0 Å². The molecule has 0 fully saturated rings. The Labute approximate surface area is 125 Å². The van der Waals surface area contributed by atoms with Crippen molar-refractivity contribution >= 4 is 5.97 Å². The molecule has 0 aromatic heterocycles. The van der Waals surface area contributed by atoms with Gasteiger partial charge in [-0.1, -0.05) is 13.5 Å². The zero-order chi connectivity index (χ0) is 18.7. The molecule has 0 aromatic rings. The van der Waals surface area contributed by atoms with E-state index in [2.05, 4.69) is 16.1 Å². The lowest BCUT2D eigenvalue weighted by Gasteiger charge is -2.42. The molecule has 3 N–H and O–H groups in total. The molecule has 0 saturated heterocycles. The Hall–Kier alpha value is -1.37. The second kappa shape index (κ2) is 7.03. The molecule has 2 unspecified atom stereocenters. The number of carbonyl (C=O) groups excluding carboxylic acids is 1. The van der Waals surface area contributed by atoms with Gasteiger partial charge in [-0.2, -0.15) is 26.3 Å². The lowest BCUT2D eigenvalue weighted by atomic mass is 10.0. The van der Waals surface area contributed by atoms with Crippen LogP contribution >= 0.6 is 0 Å². The van der Waals surface area contributed by atoms with Gasteiger partial charge in [-0.3, -0.25) is 0 Å². The van der Waals surface area contributed by atoms with Crippen molar-refractivity contribution in [1.82, 2.24) is 0 Å². The zero-order valence-electron chi connectivity index (χ0n) is 11.6. The molecule has 0 aliphatic heterocycles. The van der Waals surface area contributed by atoms with Gasteiger partial charge in [-0.05, 0) is 6.42 Å². The molecule has 0 spiro atoms. The van der Waals surface area contributed by atoms with E-state index >= 15 is 0 Å². The minimum atomic E-state index is -6.53. The summed E-state index contributed by atoms with van der Waals surface area (Å²) in [7, 11) is 0. The second-order valence-corrected chi connectivity index (χ2v) is 4.21. The topological polar surface area (TPSA) is 96.2 Å². The minimum Gasteiger partial charge on any atom is -0.420 e. The summed E-state index contributed by atoms with van der Waals surface area (Å²) >= 11 is 0. The quantitative estimate of drug-likeness (QED) is 0.247. The first-order valence-electron chi connectivity index (χ1n) is 5.90. The molecule has 6 nitrogen and oxygen atoms in total. The first-order chi connectivity index (χ1) is 10.2. The predicted molar refractivity (Wildman–Crippen MR) is 60.5 cm³/mol. The van der Waals surface area contributed by atoms with Crippen LogP contribution in [0.5, 0.6) is 0 Å². The molecule has 0 saturated carbocycles. The number of ether oxygens (including phenoxy) is 2. The minimum absolute atomic E-state index is 0.192.